The Labute approximate surface area is 205 Å². The zero-order valence-electron chi connectivity index (χ0n) is 18.0. The lowest BCUT2D eigenvalue weighted by Gasteiger charge is -2.20. The monoisotopic (exact) mass is 530 g/mol. The molecule has 2 amide bonds. The average Bonchev–Trinajstić information content (AvgIpc) is 2.79. The standard InChI is InChI=1S/C24H17ClF6N2O3/c25-16-6-7-20(34)18(12-16)21(35)33-19(8-13-4-2-1-3-5-13)22(36)32-17-10-14(23(26,27)28)9-15(11-17)24(29,30)31/h1-7,9-12,19,34H,8H2,(H,32,36)(H,33,35)/t19-/m0/s1. The summed E-state index contributed by atoms with van der Waals surface area (Å²) in [6.45, 7) is 0. The fourth-order valence-electron chi connectivity index (χ4n) is 3.24. The number of alkyl halides is 6. The van der Waals surface area contributed by atoms with Gasteiger partial charge in [0.15, 0.2) is 0 Å². The first-order valence-corrected chi connectivity index (χ1v) is 10.6. The zero-order chi connectivity index (χ0) is 26.7. The number of phenolic OH excluding ortho intramolecular Hbond substituents is 1. The quantitative estimate of drug-likeness (QED) is 0.339. The second-order valence-corrected chi connectivity index (χ2v) is 8.10. The van der Waals surface area contributed by atoms with Crippen molar-refractivity contribution in [1.82, 2.24) is 5.32 Å². The number of anilines is 1. The van der Waals surface area contributed by atoms with Gasteiger partial charge in [-0.3, -0.25) is 9.59 Å². The Hall–Kier alpha value is -3.73. The molecule has 3 aromatic carbocycles. The first kappa shape index (κ1) is 26.9. The van der Waals surface area contributed by atoms with Gasteiger partial charge in [-0.1, -0.05) is 41.9 Å². The maximum Gasteiger partial charge on any atom is 0.416 e. The summed E-state index contributed by atoms with van der Waals surface area (Å²) in [5, 5.41) is 14.4. The summed E-state index contributed by atoms with van der Waals surface area (Å²) in [6, 6.07) is 11.0. The summed E-state index contributed by atoms with van der Waals surface area (Å²) in [4.78, 5) is 25.7. The molecular formula is C24H17ClF6N2O3. The van der Waals surface area contributed by atoms with Crippen LogP contribution in [0.15, 0.2) is 66.7 Å². The van der Waals surface area contributed by atoms with E-state index >= 15 is 0 Å². The van der Waals surface area contributed by atoms with Crippen molar-refractivity contribution in [2.75, 3.05) is 5.32 Å². The molecule has 12 heteroatoms. The first-order valence-electron chi connectivity index (χ1n) is 10.2. The van der Waals surface area contributed by atoms with Gasteiger partial charge in [0.2, 0.25) is 5.91 Å². The third-order valence-corrected chi connectivity index (χ3v) is 5.20. The number of benzene rings is 3. The molecule has 5 nitrogen and oxygen atoms in total. The molecule has 0 fully saturated rings. The van der Waals surface area contributed by atoms with E-state index in [0.717, 1.165) is 12.1 Å². The van der Waals surface area contributed by atoms with Gasteiger partial charge >= 0.3 is 12.4 Å². The van der Waals surface area contributed by atoms with Crippen molar-refractivity contribution in [1.29, 1.82) is 0 Å². The van der Waals surface area contributed by atoms with Crippen molar-refractivity contribution < 1.29 is 41.0 Å². The molecule has 190 valence electrons. The SMILES string of the molecule is O=C(N[C@@H](Cc1ccccc1)C(=O)Nc1cc(C(F)(F)F)cc(C(F)(F)F)c1)c1cc(Cl)ccc1O. The lowest BCUT2D eigenvalue weighted by molar-refractivity contribution is -0.143. The van der Waals surface area contributed by atoms with Gasteiger partial charge in [-0.25, -0.2) is 0 Å². The van der Waals surface area contributed by atoms with Gasteiger partial charge in [0.05, 0.1) is 16.7 Å². The fourth-order valence-corrected chi connectivity index (χ4v) is 3.41. The van der Waals surface area contributed by atoms with E-state index in [1.807, 2.05) is 5.32 Å². The smallest absolute Gasteiger partial charge is 0.416 e. The van der Waals surface area contributed by atoms with Crippen LogP contribution in [0.3, 0.4) is 0 Å². The van der Waals surface area contributed by atoms with Crippen molar-refractivity contribution in [3.63, 3.8) is 0 Å². The largest absolute Gasteiger partial charge is 0.507 e. The van der Waals surface area contributed by atoms with Gasteiger partial charge in [-0.05, 0) is 42.0 Å². The van der Waals surface area contributed by atoms with Gasteiger partial charge in [0, 0.05) is 17.1 Å². The molecule has 0 spiro atoms. The van der Waals surface area contributed by atoms with Crippen LogP contribution in [0.25, 0.3) is 0 Å². The van der Waals surface area contributed by atoms with Crippen LogP contribution in [0, 0.1) is 0 Å². The molecule has 3 N–H and O–H groups in total. The van der Waals surface area contributed by atoms with Gasteiger partial charge in [-0.15, -0.1) is 0 Å². The number of amides is 2. The fraction of sp³-hybridized carbons (Fsp3) is 0.167. The van der Waals surface area contributed by atoms with E-state index in [9.17, 15) is 41.0 Å². The van der Waals surface area contributed by atoms with Crippen LogP contribution in [-0.2, 0) is 23.6 Å². The number of rotatable bonds is 6. The van der Waals surface area contributed by atoms with E-state index in [0.29, 0.717) is 17.7 Å². The van der Waals surface area contributed by atoms with Crippen LogP contribution in [0.1, 0.15) is 27.0 Å². The Morgan fingerprint density at radius 1 is 0.861 bits per heavy atom. The summed E-state index contributed by atoms with van der Waals surface area (Å²) in [5.74, 6) is -2.48. The zero-order valence-corrected chi connectivity index (χ0v) is 18.8. The lowest BCUT2D eigenvalue weighted by atomic mass is 10.0. The van der Waals surface area contributed by atoms with Gasteiger partial charge in [0.25, 0.3) is 5.91 Å². The molecule has 0 saturated carbocycles. The number of halogens is 7. The number of phenols is 1. The second-order valence-electron chi connectivity index (χ2n) is 7.66. The van der Waals surface area contributed by atoms with Crippen molar-refractivity contribution in [2.45, 2.75) is 24.8 Å². The van der Waals surface area contributed by atoms with Crippen molar-refractivity contribution >= 4 is 29.1 Å². The van der Waals surface area contributed by atoms with Crippen LogP contribution in [0.4, 0.5) is 32.0 Å². The minimum absolute atomic E-state index is 0.0686. The molecular weight excluding hydrogens is 514 g/mol. The molecule has 0 bridgehead atoms. The molecule has 3 rings (SSSR count). The summed E-state index contributed by atoms with van der Waals surface area (Å²) in [7, 11) is 0. The molecule has 0 aliphatic heterocycles. The summed E-state index contributed by atoms with van der Waals surface area (Å²) in [5.41, 5.74) is -3.74. The molecule has 0 aliphatic rings. The Bertz CT molecular complexity index is 1230. The van der Waals surface area contributed by atoms with E-state index in [1.165, 1.54) is 6.07 Å². The minimum Gasteiger partial charge on any atom is -0.507 e. The van der Waals surface area contributed by atoms with E-state index in [1.54, 1.807) is 30.3 Å². The number of aromatic hydroxyl groups is 1. The number of carbonyl (C=O) groups excluding carboxylic acids is 2. The van der Waals surface area contributed by atoms with Gasteiger partial charge in [0.1, 0.15) is 11.8 Å². The van der Waals surface area contributed by atoms with Crippen molar-refractivity contribution in [3.05, 3.63) is 94.0 Å². The van der Waals surface area contributed by atoms with Crippen LogP contribution in [-0.4, -0.2) is 23.0 Å². The normalized spacial score (nSPS) is 12.6. The molecule has 36 heavy (non-hydrogen) atoms. The Morgan fingerprint density at radius 2 is 1.44 bits per heavy atom. The average molecular weight is 531 g/mol. The number of hydrogen-bond acceptors (Lipinski definition) is 3. The van der Waals surface area contributed by atoms with E-state index in [4.69, 9.17) is 11.6 Å². The highest BCUT2D eigenvalue weighted by molar-refractivity contribution is 6.31. The molecule has 3 aromatic rings. The molecule has 0 saturated heterocycles. The van der Waals surface area contributed by atoms with E-state index in [2.05, 4.69) is 5.32 Å². The Balaban J connectivity index is 1.94. The van der Waals surface area contributed by atoms with Crippen LogP contribution in [0.2, 0.25) is 5.02 Å². The molecule has 0 unspecified atom stereocenters. The van der Waals surface area contributed by atoms with Crippen molar-refractivity contribution in [3.8, 4) is 5.75 Å². The first-order chi connectivity index (χ1) is 16.7. The summed E-state index contributed by atoms with van der Waals surface area (Å²) < 4.78 is 79.1. The molecule has 1 atom stereocenters. The molecule has 0 aliphatic carbocycles. The molecule has 0 heterocycles. The minimum atomic E-state index is -5.11. The summed E-state index contributed by atoms with van der Waals surface area (Å²) in [6.07, 6.45) is -10.4. The highest BCUT2D eigenvalue weighted by Gasteiger charge is 2.37. The maximum atomic E-state index is 13.2. The Kier molecular flexibility index (Phi) is 7.83. The van der Waals surface area contributed by atoms with Gasteiger partial charge in [-0.2, -0.15) is 26.3 Å². The molecule has 0 radical (unpaired) electrons. The highest BCUT2D eigenvalue weighted by atomic mass is 35.5. The molecule has 0 aromatic heterocycles. The van der Waals surface area contributed by atoms with Gasteiger partial charge < -0.3 is 15.7 Å². The predicted molar refractivity (Wildman–Crippen MR) is 120 cm³/mol. The third kappa shape index (κ3) is 6.91. The van der Waals surface area contributed by atoms with E-state index in [-0.39, 0.29) is 23.1 Å². The van der Waals surface area contributed by atoms with Crippen LogP contribution < -0.4 is 10.6 Å². The van der Waals surface area contributed by atoms with Crippen LogP contribution >= 0.6 is 11.6 Å². The van der Waals surface area contributed by atoms with E-state index < -0.39 is 52.8 Å². The Morgan fingerprint density at radius 3 is 2.00 bits per heavy atom. The second kappa shape index (κ2) is 10.5. The number of nitrogens with one attached hydrogen (secondary N) is 2. The van der Waals surface area contributed by atoms with Crippen molar-refractivity contribution in [2.24, 2.45) is 0 Å². The number of hydrogen-bond donors (Lipinski definition) is 3. The van der Waals surface area contributed by atoms with Crippen LogP contribution in [0.5, 0.6) is 5.75 Å². The summed E-state index contributed by atoms with van der Waals surface area (Å²) >= 11 is 5.85. The highest BCUT2D eigenvalue weighted by Crippen LogP contribution is 2.37. The topological polar surface area (TPSA) is 78.4 Å². The predicted octanol–water partition coefficient (Wildman–Crippen LogP) is 6.06. The number of carbonyl (C=O) groups is 2. The lowest BCUT2D eigenvalue weighted by Crippen LogP contribution is -2.45. The maximum absolute atomic E-state index is 13.2. The third-order valence-electron chi connectivity index (χ3n) is 4.96.